The Kier molecular flexibility index (Phi) is 17.0. The van der Waals surface area contributed by atoms with Crippen molar-refractivity contribution in [3.8, 4) is 22.3 Å². The van der Waals surface area contributed by atoms with E-state index in [0.29, 0.717) is 35.2 Å². The summed E-state index contributed by atoms with van der Waals surface area (Å²) in [7, 11) is 1.97. The quantitative estimate of drug-likeness (QED) is 0.0713. The summed E-state index contributed by atoms with van der Waals surface area (Å²) in [4.78, 5) is 67.7. The van der Waals surface area contributed by atoms with Crippen LogP contribution in [-0.4, -0.2) is 119 Å². The van der Waals surface area contributed by atoms with Crippen molar-refractivity contribution < 1.29 is 33.8 Å². The number of nitrogens with zero attached hydrogens (tertiary/aromatic N) is 5. The molecule has 1 aliphatic heterocycles. The first-order chi connectivity index (χ1) is 32.5. The Hall–Kier alpha value is -5.44. The number of β-amino-alcohol motifs (C(OH)–C–C–N with tert-alkyl or cyclic N) is 1. The molecule has 0 bridgehead atoms. The third kappa shape index (κ3) is 12.7. The van der Waals surface area contributed by atoms with Crippen molar-refractivity contribution in [3.63, 3.8) is 0 Å². The number of benzene rings is 2. The number of pyridine rings is 1. The zero-order valence-corrected chi connectivity index (χ0v) is 43.0. The van der Waals surface area contributed by atoms with Crippen LogP contribution in [-0.2, 0) is 25.5 Å². The van der Waals surface area contributed by atoms with Gasteiger partial charge in [-0.3, -0.25) is 24.2 Å². The summed E-state index contributed by atoms with van der Waals surface area (Å²) in [6.45, 7) is 19.0. The third-order valence-corrected chi connectivity index (χ3v) is 14.7. The normalized spacial score (nSPS) is 20.3. The number of hydrogen-bond donors (Lipinski definition) is 4. The largest absolute Gasteiger partial charge is 0.489 e. The highest BCUT2D eigenvalue weighted by Gasteiger charge is 2.64. The Labute approximate surface area is 415 Å². The number of carbonyl (C=O) groups excluding carboxylic acids is 4. The van der Waals surface area contributed by atoms with Gasteiger partial charge in [0.15, 0.2) is 0 Å². The van der Waals surface area contributed by atoms with E-state index < -0.39 is 46.2 Å². The second kappa shape index (κ2) is 22.1. The fourth-order valence-electron chi connectivity index (χ4n) is 9.78. The number of likely N-dealkylation sites (tertiary alicyclic amines) is 1. The van der Waals surface area contributed by atoms with Crippen LogP contribution in [0.4, 0.5) is 0 Å². The number of hydrogen-bond acceptors (Lipinski definition) is 12. The van der Waals surface area contributed by atoms with Gasteiger partial charge in [0.2, 0.25) is 17.7 Å². The first-order valence-corrected chi connectivity index (χ1v) is 24.7. The highest BCUT2D eigenvalue weighted by molar-refractivity contribution is 7.13. The number of likely N-dealkylation sites (N-methyl/N-ethyl adjacent to an activating group) is 1. The first-order valence-electron chi connectivity index (χ1n) is 23.5. The van der Waals surface area contributed by atoms with Crippen molar-refractivity contribution >= 4 is 46.6 Å². The van der Waals surface area contributed by atoms with E-state index in [4.69, 9.17) is 21.1 Å². The maximum Gasteiger partial charge on any atom is 0.270 e. The highest BCUT2D eigenvalue weighted by atomic mass is 35.5. The molecule has 0 unspecified atom stereocenters. The van der Waals surface area contributed by atoms with Gasteiger partial charge in [-0.05, 0) is 80.6 Å². The van der Waals surface area contributed by atoms with Gasteiger partial charge < -0.3 is 40.3 Å². The fourth-order valence-corrected chi connectivity index (χ4v) is 10.8. The van der Waals surface area contributed by atoms with Crippen LogP contribution in [0.5, 0.6) is 5.75 Å². The minimum atomic E-state index is -0.965. The maximum absolute atomic E-state index is 14.1. The van der Waals surface area contributed by atoms with Crippen molar-refractivity contribution in [3.05, 3.63) is 99.4 Å². The summed E-state index contributed by atoms with van der Waals surface area (Å²) in [6, 6.07) is 16.3. The number of nitriles is 1. The number of rotatable bonds is 19. The summed E-state index contributed by atoms with van der Waals surface area (Å²) in [6.07, 6.45) is 2.31. The van der Waals surface area contributed by atoms with Crippen molar-refractivity contribution in [1.82, 2.24) is 35.7 Å². The van der Waals surface area contributed by atoms with Crippen molar-refractivity contribution in [1.29, 1.82) is 5.26 Å². The average molecular weight is 984 g/mol. The lowest BCUT2D eigenvalue weighted by molar-refractivity contribution is -0.164. The second-order valence-electron chi connectivity index (χ2n) is 20.7. The predicted molar refractivity (Wildman–Crippen MR) is 267 cm³/mol. The van der Waals surface area contributed by atoms with E-state index >= 15 is 0 Å². The molecular weight excluding hydrogens is 916 g/mol. The molecule has 4 atom stereocenters. The van der Waals surface area contributed by atoms with Gasteiger partial charge in [0.1, 0.15) is 42.3 Å². The van der Waals surface area contributed by atoms with Gasteiger partial charge in [0, 0.05) is 48.6 Å². The molecule has 0 radical (unpaired) electrons. The number of aliphatic hydroxyl groups is 1. The zero-order chi connectivity index (χ0) is 50.4. The number of aromatic nitrogens is 2. The summed E-state index contributed by atoms with van der Waals surface area (Å²) in [5, 5.41) is 29.3. The number of nitrogens with one attached hydrogen (secondary N) is 3. The van der Waals surface area contributed by atoms with Crippen molar-refractivity contribution in [2.75, 3.05) is 39.9 Å². The number of aliphatic hydroxyl groups excluding tert-OH is 1. The van der Waals surface area contributed by atoms with E-state index in [1.54, 1.807) is 41.8 Å². The topological polar surface area (TPSA) is 199 Å². The fraction of sp³-hybridized carbons (Fsp3) is 0.519. The molecule has 4 N–H and O–H groups in total. The van der Waals surface area contributed by atoms with E-state index in [0.717, 1.165) is 46.6 Å². The van der Waals surface area contributed by atoms with Gasteiger partial charge >= 0.3 is 0 Å². The van der Waals surface area contributed by atoms with Gasteiger partial charge in [0.25, 0.3) is 5.91 Å². The molecule has 1 saturated heterocycles. The molecule has 2 fully saturated rings. The predicted octanol–water partition coefficient (Wildman–Crippen LogP) is 6.90. The number of halogens is 1. The zero-order valence-electron chi connectivity index (χ0n) is 41.4. The van der Waals surface area contributed by atoms with Crippen LogP contribution in [0.25, 0.3) is 10.4 Å². The van der Waals surface area contributed by atoms with Crippen LogP contribution >= 0.6 is 22.9 Å². The lowest BCUT2D eigenvalue weighted by Gasteiger charge is -2.63. The lowest BCUT2D eigenvalue weighted by atomic mass is 9.49. The number of thiazole rings is 1. The van der Waals surface area contributed by atoms with Crippen LogP contribution in [0.1, 0.15) is 107 Å². The van der Waals surface area contributed by atoms with Gasteiger partial charge in [-0.1, -0.05) is 90.4 Å². The molecule has 1 saturated carbocycles. The molecular formula is C52H67ClN8O7S. The Morgan fingerprint density at radius 3 is 2.35 bits per heavy atom. The Morgan fingerprint density at radius 2 is 1.74 bits per heavy atom. The van der Waals surface area contributed by atoms with Crippen LogP contribution in [0.2, 0.25) is 5.02 Å². The lowest BCUT2D eigenvalue weighted by Crippen LogP contribution is -2.74. The molecule has 2 aromatic heterocycles. The van der Waals surface area contributed by atoms with E-state index in [2.05, 4.69) is 64.6 Å². The monoisotopic (exact) mass is 982 g/mol. The maximum atomic E-state index is 14.1. The summed E-state index contributed by atoms with van der Waals surface area (Å²) >= 11 is 7.81. The molecule has 15 nitrogen and oxygen atoms in total. The molecule has 370 valence electrons. The molecule has 4 amide bonds. The molecule has 2 aromatic carbocycles. The van der Waals surface area contributed by atoms with Crippen LogP contribution < -0.4 is 20.7 Å². The van der Waals surface area contributed by atoms with Gasteiger partial charge in [-0.15, -0.1) is 11.3 Å². The standard InChI is InChI=1S/C52H67ClN8O7S/c1-31(34-14-16-35(17-15-34)43-32(2)56-30-69-43)57-46(65)41-24-37(62)28-61(41)47(66)44(50(3,4)5)58-42(63)29-67-23-22-60(10)21-11-12-33-13-20-40(55-27-33)45(64)59-48-51(6,7)49(52(48,8)9)68-38-19-18-36(26-54)39(53)25-38/h13-20,25,27,30-31,37,41,44,48-49,62H,11-12,21-24,28-29H2,1-10H3,(H,57,65)(H,58,63)(H,59,64)/t31-,37+,41-,44+,48?,49?/m0/s1. The third-order valence-electron chi connectivity index (χ3n) is 13.4. The minimum Gasteiger partial charge on any atom is -0.489 e. The second-order valence-corrected chi connectivity index (χ2v) is 22.0. The number of ether oxygens (including phenoxy) is 2. The van der Waals surface area contributed by atoms with Gasteiger partial charge in [-0.25, -0.2) is 4.98 Å². The molecule has 4 aromatic rings. The van der Waals surface area contributed by atoms with Crippen LogP contribution in [0.15, 0.2) is 66.3 Å². The smallest absolute Gasteiger partial charge is 0.270 e. The summed E-state index contributed by atoms with van der Waals surface area (Å²) in [5.74, 6) is -0.948. The number of aryl methyl sites for hydroxylation is 2. The molecule has 0 spiro atoms. The van der Waals surface area contributed by atoms with E-state index in [9.17, 15) is 29.5 Å². The average Bonchev–Trinajstić information content (AvgIpc) is 3.92. The van der Waals surface area contributed by atoms with E-state index in [1.807, 2.05) is 77.5 Å². The van der Waals surface area contributed by atoms with E-state index in [-0.39, 0.29) is 49.6 Å². The Balaban J connectivity index is 0.904. The first kappa shape index (κ1) is 52.9. The number of carbonyl (C=O) groups is 4. The van der Waals surface area contributed by atoms with Crippen molar-refractivity contribution in [2.24, 2.45) is 16.2 Å². The highest BCUT2D eigenvalue weighted by Crippen LogP contribution is 2.55. The molecule has 3 heterocycles. The van der Waals surface area contributed by atoms with Crippen LogP contribution in [0, 0.1) is 34.5 Å². The van der Waals surface area contributed by atoms with E-state index in [1.165, 1.54) is 4.90 Å². The van der Waals surface area contributed by atoms with Crippen molar-refractivity contribution in [2.45, 2.75) is 118 Å². The van der Waals surface area contributed by atoms with Gasteiger partial charge in [-0.2, -0.15) is 5.26 Å². The molecule has 2 aliphatic rings. The van der Waals surface area contributed by atoms with Gasteiger partial charge in [0.05, 0.1) is 45.4 Å². The van der Waals surface area contributed by atoms with Crippen LogP contribution in [0.3, 0.4) is 0 Å². The molecule has 17 heteroatoms. The summed E-state index contributed by atoms with van der Waals surface area (Å²) < 4.78 is 12.1. The molecule has 6 rings (SSSR count). The Bertz CT molecular complexity index is 2490. The molecule has 1 aliphatic carbocycles. The minimum absolute atomic E-state index is 0.0194. The molecule has 69 heavy (non-hydrogen) atoms. The summed E-state index contributed by atoms with van der Waals surface area (Å²) in [5.41, 5.74) is 4.93. The SMILES string of the molecule is Cc1ncsc1-c1ccc([C@H](C)NC(=O)[C@@H]2C[C@@H](O)CN2C(=O)[C@@H](NC(=O)COCCN(C)CCCc2ccc(C(=O)NC3C(C)(C)C(Oc4ccc(C#N)c(Cl)c4)C3(C)C)nc2)C(C)(C)C)cc1. The number of amides is 4. The Morgan fingerprint density at radius 1 is 1.03 bits per heavy atom.